The number of hydrogen-bond acceptors (Lipinski definition) is 5. The average molecular weight is 554 g/mol. The van der Waals surface area contributed by atoms with Crippen LogP contribution in [0.1, 0.15) is 23.6 Å². The minimum atomic E-state index is -1.96. The molecule has 1 fully saturated rings. The highest BCUT2D eigenvalue weighted by atomic mass is 79.9. The van der Waals surface area contributed by atoms with E-state index in [2.05, 4.69) is 15.9 Å². The number of rotatable bonds is 5. The lowest BCUT2D eigenvalue weighted by Gasteiger charge is -2.32. The fraction of sp³-hybridized carbons (Fsp3) is 0.200. The van der Waals surface area contributed by atoms with Gasteiger partial charge in [-0.15, -0.1) is 0 Å². The molecule has 2 aliphatic rings. The fourth-order valence-corrected chi connectivity index (χ4v) is 6.63. The van der Waals surface area contributed by atoms with Crippen LogP contribution >= 0.6 is 15.9 Å². The van der Waals surface area contributed by atoms with Gasteiger partial charge in [-0.3, -0.25) is 28.8 Å². The highest BCUT2D eigenvalue weighted by Gasteiger charge is 2.65. The van der Waals surface area contributed by atoms with E-state index in [0.29, 0.717) is 11.4 Å². The zero-order chi connectivity index (χ0) is 24.9. The molecule has 2 aliphatic heterocycles. The van der Waals surface area contributed by atoms with Gasteiger partial charge in [-0.25, -0.2) is 0 Å². The Morgan fingerprint density at radius 2 is 1.69 bits per heavy atom. The second-order valence-corrected chi connectivity index (χ2v) is 10.8. The standard InChI is InChI=1S/C25H20BrN3O5S/c1-2-16-5-9-19(10-6-16)28-23(30)15-35(34)25(28)21-13-20(29(32)33)11-12-22(21)27(24(25)31)14-17-3-7-18(26)8-4-17/h3-13H,2,14-15H2,1H3. The molecule has 8 nitrogen and oxygen atoms in total. The van der Waals surface area contributed by atoms with Crippen LogP contribution in [0.25, 0.3) is 0 Å². The summed E-state index contributed by atoms with van der Waals surface area (Å²) in [6.07, 6.45) is 0.792. The van der Waals surface area contributed by atoms with Gasteiger partial charge in [0.2, 0.25) is 10.8 Å². The van der Waals surface area contributed by atoms with Crippen LogP contribution in [0.2, 0.25) is 0 Å². The zero-order valence-electron chi connectivity index (χ0n) is 18.6. The molecule has 178 valence electrons. The number of fused-ring (bicyclic) bond motifs is 2. The number of nitrogens with zero attached hydrogens (tertiary/aromatic N) is 3. The molecule has 2 heterocycles. The van der Waals surface area contributed by atoms with Crippen molar-refractivity contribution in [3.8, 4) is 0 Å². The summed E-state index contributed by atoms with van der Waals surface area (Å²) < 4.78 is 14.5. The SMILES string of the molecule is CCc1ccc(N2C(=O)CS(=O)C23C(=O)N(Cc2ccc(Br)cc2)c2ccc([N+](=O)[O-])cc23)cc1. The van der Waals surface area contributed by atoms with E-state index in [0.717, 1.165) is 22.0 Å². The van der Waals surface area contributed by atoms with E-state index in [-0.39, 0.29) is 23.5 Å². The van der Waals surface area contributed by atoms with Crippen molar-refractivity contribution in [3.63, 3.8) is 0 Å². The van der Waals surface area contributed by atoms with Gasteiger partial charge in [-0.1, -0.05) is 47.1 Å². The van der Waals surface area contributed by atoms with Gasteiger partial charge >= 0.3 is 0 Å². The molecule has 2 unspecified atom stereocenters. The topological polar surface area (TPSA) is 101 Å². The third-order valence-corrected chi connectivity index (χ3v) is 8.66. The molecule has 0 bridgehead atoms. The summed E-state index contributed by atoms with van der Waals surface area (Å²) in [7, 11) is -1.96. The van der Waals surface area contributed by atoms with Crippen LogP contribution in [-0.2, 0) is 38.2 Å². The van der Waals surface area contributed by atoms with Gasteiger partial charge < -0.3 is 4.90 Å². The number of aryl methyl sites for hydroxylation is 1. The van der Waals surface area contributed by atoms with Crippen LogP contribution in [-0.4, -0.2) is 26.7 Å². The molecule has 1 spiro atoms. The van der Waals surface area contributed by atoms with Crippen molar-refractivity contribution < 1.29 is 18.7 Å². The maximum absolute atomic E-state index is 14.2. The molecular formula is C25H20BrN3O5S. The Balaban J connectivity index is 1.71. The van der Waals surface area contributed by atoms with Gasteiger partial charge in [0.25, 0.3) is 11.6 Å². The van der Waals surface area contributed by atoms with Crippen molar-refractivity contribution in [1.82, 2.24) is 0 Å². The molecule has 2 amide bonds. The van der Waals surface area contributed by atoms with Crippen LogP contribution in [0.15, 0.2) is 71.2 Å². The van der Waals surface area contributed by atoms with Crippen LogP contribution in [0, 0.1) is 10.1 Å². The van der Waals surface area contributed by atoms with E-state index >= 15 is 0 Å². The Morgan fingerprint density at radius 1 is 1.03 bits per heavy atom. The second-order valence-electron chi connectivity index (χ2n) is 8.36. The fourth-order valence-electron chi connectivity index (χ4n) is 4.68. The van der Waals surface area contributed by atoms with Crippen molar-refractivity contribution in [1.29, 1.82) is 0 Å². The predicted octanol–water partition coefficient (Wildman–Crippen LogP) is 4.41. The molecule has 3 aromatic carbocycles. The van der Waals surface area contributed by atoms with Crippen molar-refractivity contribution in [2.75, 3.05) is 15.6 Å². The van der Waals surface area contributed by atoms with E-state index in [1.807, 2.05) is 43.3 Å². The van der Waals surface area contributed by atoms with Crippen LogP contribution in [0.4, 0.5) is 17.1 Å². The monoisotopic (exact) mass is 553 g/mol. The van der Waals surface area contributed by atoms with Gasteiger partial charge in [0.15, 0.2) is 0 Å². The minimum absolute atomic E-state index is 0.159. The third-order valence-electron chi connectivity index (χ3n) is 6.39. The van der Waals surface area contributed by atoms with E-state index < -0.39 is 32.4 Å². The van der Waals surface area contributed by atoms with E-state index in [9.17, 15) is 23.9 Å². The van der Waals surface area contributed by atoms with E-state index in [4.69, 9.17) is 0 Å². The lowest BCUT2D eigenvalue weighted by molar-refractivity contribution is -0.384. The van der Waals surface area contributed by atoms with Crippen LogP contribution < -0.4 is 9.80 Å². The zero-order valence-corrected chi connectivity index (χ0v) is 21.0. The minimum Gasteiger partial charge on any atom is -0.304 e. The molecular weight excluding hydrogens is 534 g/mol. The molecule has 0 aromatic heterocycles. The molecule has 3 aromatic rings. The highest BCUT2D eigenvalue weighted by Crippen LogP contribution is 2.52. The average Bonchev–Trinajstić information content (AvgIpc) is 3.26. The first-order valence-corrected chi connectivity index (χ1v) is 13.0. The summed E-state index contributed by atoms with van der Waals surface area (Å²) in [4.78, 5) is 39.3. The predicted molar refractivity (Wildman–Crippen MR) is 136 cm³/mol. The van der Waals surface area contributed by atoms with E-state index in [1.54, 1.807) is 12.1 Å². The molecule has 0 saturated carbocycles. The van der Waals surface area contributed by atoms with Gasteiger partial charge in [0, 0.05) is 27.9 Å². The number of anilines is 2. The van der Waals surface area contributed by atoms with Crippen molar-refractivity contribution in [3.05, 3.63) is 98.0 Å². The van der Waals surface area contributed by atoms with Gasteiger partial charge in [0.05, 0.1) is 28.0 Å². The Hall–Kier alpha value is -3.37. The van der Waals surface area contributed by atoms with Crippen LogP contribution in [0.5, 0.6) is 0 Å². The van der Waals surface area contributed by atoms with Gasteiger partial charge in [0.1, 0.15) is 5.75 Å². The number of benzene rings is 3. The number of carbonyl (C=O) groups excluding carboxylic acids is 2. The smallest absolute Gasteiger partial charge is 0.271 e. The summed E-state index contributed by atoms with van der Waals surface area (Å²) >= 11 is 3.40. The maximum Gasteiger partial charge on any atom is 0.271 e. The first-order chi connectivity index (χ1) is 16.8. The summed E-state index contributed by atoms with van der Waals surface area (Å²) in [6, 6.07) is 18.6. The van der Waals surface area contributed by atoms with E-state index in [1.165, 1.54) is 28.0 Å². The summed E-state index contributed by atoms with van der Waals surface area (Å²) in [5.41, 5.74) is 2.66. The number of amides is 2. The number of carbonyl (C=O) groups is 2. The first-order valence-electron chi connectivity index (χ1n) is 10.9. The first kappa shape index (κ1) is 23.4. The molecule has 5 rings (SSSR count). The Kier molecular flexibility index (Phi) is 5.80. The number of nitro benzene ring substituents is 1. The molecule has 0 radical (unpaired) electrons. The van der Waals surface area contributed by atoms with Gasteiger partial charge in [-0.2, -0.15) is 0 Å². The van der Waals surface area contributed by atoms with Crippen LogP contribution in [0.3, 0.4) is 0 Å². The summed E-state index contributed by atoms with van der Waals surface area (Å²) in [5.74, 6) is -1.36. The Labute approximate surface area is 212 Å². The van der Waals surface area contributed by atoms with Gasteiger partial charge in [-0.05, 0) is 47.9 Å². The highest BCUT2D eigenvalue weighted by molar-refractivity contribution is 9.10. The molecule has 1 saturated heterocycles. The molecule has 2 atom stereocenters. The van der Waals surface area contributed by atoms with Crippen molar-refractivity contribution >= 4 is 55.6 Å². The van der Waals surface area contributed by atoms with Crippen molar-refractivity contribution in [2.24, 2.45) is 0 Å². The second kappa shape index (κ2) is 8.69. The lowest BCUT2D eigenvalue weighted by Crippen LogP contribution is -2.52. The molecule has 0 aliphatic carbocycles. The van der Waals surface area contributed by atoms with Crippen molar-refractivity contribution in [2.45, 2.75) is 24.8 Å². The Bertz CT molecular complexity index is 1390. The lowest BCUT2D eigenvalue weighted by atomic mass is 10.0. The largest absolute Gasteiger partial charge is 0.304 e. The normalized spacial score (nSPS) is 21.1. The summed E-state index contributed by atoms with van der Waals surface area (Å²) in [5, 5.41) is 11.6. The number of halogens is 1. The number of non-ortho nitro benzene ring substituents is 1. The number of nitro groups is 1. The summed E-state index contributed by atoms with van der Waals surface area (Å²) in [6.45, 7) is 2.16. The third kappa shape index (κ3) is 3.59. The molecule has 10 heteroatoms. The molecule has 35 heavy (non-hydrogen) atoms. The molecule has 0 N–H and O–H groups in total. The quantitative estimate of drug-likeness (QED) is 0.344. The maximum atomic E-state index is 14.2. The number of hydrogen-bond donors (Lipinski definition) is 0. The Morgan fingerprint density at radius 3 is 2.31 bits per heavy atom.